The van der Waals surface area contributed by atoms with Crippen molar-refractivity contribution in [2.75, 3.05) is 11.9 Å². The molecule has 1 heterocycles. The zero-order valence-corrected chi connectivity index (χ0v) is 9.55. The SMILES string of the molecule is CC1(C)NC(=O)N(CC(=O)CBr)C1=O. The van der Waals surface area contributed by atoms with E-state index >= 15 is 0 Å². The highest BCUT2D eigenvalue weighted by molar-refractivity contribution is 9.09. The molecule has 0 bridgehead atoms. The van der Waals surface area contributed by atoms with Crippen LogP contribution in [-0.4, -0.2) is 40.0 Å². The average Bonchev–Trinajstić information content (AvgIpc) is 2.28. The zero-order valence-electron chi connectivity index (χ0n) is 7.96. The first kappa shape index (κ1) is 11.2. The van der Waals surface area contributed by atoms with Crippen LogP contribution < -0.4 is 5.32 Å². The summed E-state index contributed by atoms with van der Waals surface area (Å²) in [6.45, 7) is 3.04. The number of amides is 3. The van der Waals surface area contributed by atoms with Crippen molar-refractivity contribution in [3.63, 3.8) is 0 Å². The molecule has 0 atom stereocenters. The van der Waals surface area contributed by atoms with Gasteiger partial charge in [-0.3, -0.25) is 14.5 Å². The summed E-state index contributed by atoms with van der Waals surface area (Å²) in [7, 11) is 0. The van der Waals surface area contributed by atoms with Gasteiger partial charge in [-0.2, -0.15) is 0 Å². The van der Waals surface area contributed by atoms with E-state index < -0.39 is 11.6 Å². The van der Waals surface area contributed by atoms with Crippen molar-refractivity contribution in [2.24, 2.45) is 0 Å². The third kappa shape index (κ3) is 1.95. The lowest BCUT2D eigenvalue weighted by atomic mass is 10.1. The van der Waals surface area contributed by atoms with Crippen molar-refractivity contribution in [2.45, 2.75) is 19.4 Å². The van der Waals surface area contributed by atoms with Gasteiger partial charge in [0.25, 0.3) is 5.91 Å². The van der Waals surface area contributed by atoms with Crippen LogP contribution in [0.2, 0.25) is 0 Å². The van der Waals surface area contributed by atoms with E-state index in [0.29, 0.717) is 0 Å². The lowest BCUT2D eigenvalue weighted by Crippen LogP contribution is -2.41. The number of nitrogens with zero attached hydrogens (tertiary/aromatic N) is 1. The number of halogens is 1. The maximum absolute atomic E-state index is 11.6. The van der Waals surface area contributed by atoms with Gasteiger partial charge in [0.1, 0.15) is 5.54 Å². The monoisotopic (exact) mass is 262 g/mol. The second-order valence-electron chi connectivity index (χ2n) is 3.62. The molecule has 0 aliphatic carbocycles. The van der Waals surface area contributed by atoms with Gasteiger partial charge in [0.15, 0.2) is 5.78 Å². The summed E-state index contributed by atoms with van der Waals surface area (Å²) < 4.78 is 0. The third-order valence-corrected chi connectivity index (χ3v) is 2.55. The largest absolute Gasteiger partial charge is 0.325 e. The highest BCUT2D eigenvalue weighted by atomic mass is 79.9. The Hall–Kier alpha value is -0.910. The summed E-state index contributed by atoms with van der Waals surface area (Å²) in [5.74, 6) is -0.567. The third-order valence-electron chi connectivity index (χ3n) is 1.93. The Morgan fingerprint density at radius 2 is 2.07 bits per heavy atom. The van der Waals surface area contributed by atoms with Crippen molar-refractivity contribution in [3.8, 4) is 0 Å². The molecule has 6 heteroatoms. The van der Waals surface area contributed by atoms with Gasteiger partial charge in [0, 0.05) is 0 Å². The maximum Gasteiger partial charge on any atom is 0.325 e. The van der Waals surface area contributed by atoms with Crippen LogP contribution in [0.15, 0.2) is 0 Å². The first-order valence-corrected chi connectivity index (χ1v) is 5.22. The van der Waals surface area contributed by atoms with Crippen LogP contribution in [0.25, 0.3) is 0 Å². The van der Waals surface area contributed by atoms with Gasteiger partial charge in [-0.25, -0.2) is 4.79 Å². The lowest BCUT2D eigenvalue weighted by molar-refractivity contribution is -0.133. The number of rotatable bonds is 3. The number of imide groups is 1. The minimum atomic E-state index is -0.899. The topological polar surface area (TPSA) is 66.5 Å². The van der Waals surface area contributed by atoms with Gasteiger partial charge in [-0.05, 0) is 13.8 Å². The zero-order chi connectivity index (χ0) is 10.9. The van der Waals surface area contributed by atoms with Crippen LogP contribution in [-0.2, 0) is 9.59 Å². The van der Waals surface area contributed by atoms with E-state index in [4.69, 9.17) is 0 Å². The van der Waals surface area contributed by atoms with Crippen LogP contribution in [0.5, 0.6) is 0 Å². The minimum absolute atomic E-state index is 0.143. The van der Waals surface area contributed by atoms with Crippen molar-refractivity contribution in [1.29, 1.82) is 0 Å². The number of nitrogens with one attached hydrogen (secondary N) is 1. The number of hydrogen-bond acceptors (Lipinski definition) is 3. The van der Waals surface area contributed by atoms with Crippen molar-refractivity contribution >= 4 is 33.7 Å². The Kier molecular flexibility index (Phi) is 2.94. The summed E-state index contributed by atoms with van der Waals surface area (Å²) in [4.78, 5) is 34.8. The predicted octanol–water partition coefficient (Wildman–Crippen LogP) is 0.281. The van der Waals surface area contributed by atoms with Crippen molar-refractivity contribution in [3.05, 3.63) is 0 Å². The van der Waals surface area contributed by atoms with E-state index in [-0.39, 0.29) is 23.6 Å². The molecule has 1 fully saturated rings. The molecular weight excluding hydrogens is 252 g/mol. The van der Waals surface area contributed by atoms with E-state index in [0.717, 1.165) is 4.90 Å². The second-order valence-corrected chi connectivity index (χ2v) is 4.18. The van der Waals surface area contributed by atoms with E-state index in [9.17, 15) is 14.4 Å². The highest BCUT2D eigenvalue weighted by Crippen LogP contribution is 2.16. The van der Waals surface area contributed by atoms with E-state index in [2.05, 4.69) is 21.2 Å². The van der Waals surface area contributed by atoms with Crippen molar-refractivity contribution in [1.82, 2.24) is 10.2 Å². The number of urea groups is 1. The number of carbonyl (C=O) groups is 3. The average molecular weight is 263 g/mol. The second kappa shape index (κ2) is 3.68. The number of hydrogen-bond donors (Lipinski definition) is 1. The first-order valence-electron chi connectivity index (χ1n) is 4.10. The maximum atomic E-state index is 11.6. The molecular formula is C8H11BrN2O3. The van der Waals surface area contributed by atoms with Gasteiger partial charge < -0.3 is 5.32 Å². The molecule has 1 rings (SSSR count). The van der Waals surface area contributed by atoms with E-state index in [1.54, 1.807) is 13.8 Å². The van der Waals surface area contributed by atoms with Crippen LogP contribution in [0, 0.1) is 0 Å². The predicted molar refractivity (Wildman–Crippen MR) is 53.1 cm³/mol. The molecule has 1 N–H and O–H groups in total. The fraction of sp³-hybridized carbons (Fsp3) is 0.625. The summed E-state index contributed by atoms with van der Waals surface area (Å²) in [6.07, 6.45) is 0. The molecule has 0 aromatic rings. The Bertz CT molecular complexity index is 301. The summed E-state index contributed by atoms with van der Waals surface area (Å²) in [5.41, 5.74) is -0.899. The quantitative estimate of drug-likeness (QED) is 0.587. The number of alkyl halides is 1. The molecule has 0 spiro atoms. The van der Waals surface area contributed by atoms with Gasteiger partial charge in [0.05, 0.1) is 11.9 Å². The first-order chi connectivity index (χ1) is 6.38. The Labute approximate surface area is 89.9 Å². The lowest BCUT2D eigenvalue weighted by Gasteiger charge is -2.14. The van der Waals surface area contributed by atoms with E-state index in [1.807, 2.05) is 0 Å². The number of Topliss-reactive ketones (excluding diaryl/α,β-unsaturated/α-hetero) is 1. The Morgan fingerprint density at radius 1 is 1.50 bits per heavy atom. The minimum Gasteiger partial charge on any atom is -0.324 e. The smallest absolute Gasteiger partial charge is 0.324 e. The van der Waals surface area contributed by atoms with Gasteiger partial charge in [-0.15, -0.1) is 0 Å². The summed E-state index contributed by atoms with van der Waals surface area (Å²) in [5, 5.41) is 2.64. The number of ketones is 1. The van der Waals surface area contributed by atoms with Gasteiger partial charge >= 0.3 is 6.03 Å². The fourth-order valence-corrected chi connectivity index (χ4v) is 1.36. The van der Waals surface area contributed by atoms with Gasteiger partial charge in [0.2, 0.25) is 0 Å². The van der Waals surface area contributed by atoms with E-state index in [1.165, 1.54) is 0 Å². The number of carbonyl (C=O) groups excluding carboxylic acids is 3. The Morgan fingerprint density at radius 3 is 2.43 bits per heavy atom. The van der Waals surface area contributed by atoms with Crippen molar-refractivity contribution < 1.29 is 14.4 Å². The van der Waals surface area contributed by atoms with Crippen LogP contribution in [0.3, 0.4) is 0 Å². The fourth-order valence-electron chi connectivity index (χ4n) is 1.18. The molecule has 1 aliphatic rings. The van der Waals surface area contributed by atoms with Gasteiger partial charge in [-0.1, -0.05) is 15.9 Å². The molecule has 0 unspecified atom stereocenters. The normalized spacial score (nSPS) is 19.8. The highest BCUT2D eigenvalue weighted by Gasteiger charge is 2.44. The Balaban J connectivity index is 2.76. The molecule has 0 aromatic carbocycles. The summed E-state index contributed by atoms with van der Waals surface area (Å²) >= 11 is 2.97. The van der Waals surface area contributed by atoms with Crippen LogP contribution in [0.1, 0.15) is 13.8 Å². The molecule has 0 aromatic heterocycles. The van der Waals surface area contributed by atoms with Crippen LogP contribution >= 0.6 is 15.9 Å². The van der Waals surface area contributed by atoms with Crippen LogP contribution in [0.4, 0.5) is 4.79 Å². The molecule has 1 saturated heterocycles. The summed E-state index contributed by atoms with van der Waals surface area (Å²) in [6, 6.07) is -0.505. The molecule has 5 nitrogen and oxygen atoms in total. The molecule has 78 valence electrons. The molecule has 0 saturated carbocycles. The standard InChI is InChI=1S/C8H11BrN2O3/c1-8(2)6(13)11(7(14)10-8)4-5(12)3-9/h3-4H2,1-2H3,(H,10,14). The molecule has 1 aliphatic heterocycles. The molecule has 14 heavy (non-hydrogen) atoms. The molecule has 0 radical (unpaired) electrons. The molecule has 3 amide bonds.